The van der Waals surface area contributed by atoms with Crippen molar-refractivity contribution in [1.82, 2.24) is 5.32 Å². The minimum atomic E-state index is 0.450. The van der Waals surface area contributed by atoms with E-state index in [9.17, 15) is 0 Å². The van der Waals surface area contributed by atoms with Gasteiger partial charge < -0.3 is 5.32 Å². The fraction of sp³-hybridized carbons (Fsp3) is 0.647. The van der Waals surface area contributed by atoms with Crippen LogP contribution in [-0.2, 0) is 0 Å². The van der Waals surface area contributed by atoms with Gasteiger partial charge >= 0.3 is 0 Å². The van der Waals surface area contributed by atoms with Gasteiger partial charge in [0.25, 0.3) is 0 Å². The Kier molecular flexibility index (Phi) is 3.91. The Morgan fingerprint density at radius 1 is 1.32 bits per heavy atom. The van der Waals surface area contributed by atoms with Crippen LogP contribution in [0.1, 0.15) is 51.0 Å². The SMILES string of the molecule is CCC(C)(CNC1CC1)CC1CSc2ccccc21. The maximum absolute atomic E-state index is 3.74. The Bertz CT molecular complexity index is 441. The summed E-state index contributed by atoms with van der Waals surface area (Å²) in [5.74, 6) is 2.03. The molecule has 104 valence electrons. The van der Waals surface area contributed by atoms with Crippen molar-refractivity contribution >= 4 is 11.8 Å². The quantitative estimate of drug-likeness (QED) is 0.824. The lowest BCUT2D eigenvalue weighted by Crippen LogP contribution is -2.34. The highest BCUT2D eigenvalue weighted by atomic mass is 32.2. The van der Waals surface area contributed by atoms with Crippen molar-refractivity contribution in [3.8, 4) is 0 Å². The molecule has 2 aliphatic rings. The van der Waals surface area contributed by atoms with Crippen LogP contribution in [0.2, 0.25) is 0 Å². The van der Waals surface area contributed by atoms with Crippen LogP contribution in [0.15, 0.2) is 29.2 Å². The number of nitrogens with one attached hydrogen (secondary N) is 1. The van der Waals surface area contributed by atoms with E-state index < -0.39 is 0 Å². The van der Waals surface area contributed by atoms with E-state index >= 15 is 0 Å². The van der Waals surface area contributed by atoms with Gasteiger partial charge in [-0.1, -0.05) is 32.0 Å². The molecule has 2 heteroatoms. The van der Waals surface area contributed by atoms with Crippen molar-refractivity contribution < 1.29 is 0 Å². The van der Waals surface area contributed by atoms with Gasteiger partial charge in [0.1, 0.15) is 0 Å². The standard InChI is InChI=1S/C17H25NS/c1-3-17(2,12-18-14-8-9-14)10-13-11-19-16-7-5-4-6-15(13)16/h4-7,13-14,18H,3,8-12H2,1-2H3. The van der Waals surface area contributed by atoms with Crippen molar-refractivity contribution in [2.24, 2.45) is 5.41 Å². The molecule has 0 amide bonds. The molecule has 1 aromatic rings. The van der Waals surface area contributed by atoms with Gasteiger partial charge in [-0.2, -0.15) is 0 Å². The Morgan fingerprint density at radius 3 is 2.84 bits per heavy atom. The van der Waals surface area contributed by atoms with Crippen LogP contribution >= 0.6 is 11.8 Å². The van der Waals surface area contributed by atoms with Gasteiger partial charge in [-0.25, -0.2) is 0 Å². The lowest BCUT2D eigenvalue weighted by Gasteiger charge is -2.31. The third-order valence-corrected chi connectivity index (χ3v) is 6.04. The largest absolute Gasteiger partial charge is 0.313 e. The van der Waals surface area contributed by atoms with Crippen LogP contribution in [0.4, 0.5) is 0 Å². The van der Waals surface area contributed by atoms with E-state index in [0.29, 0.717) is 5.41 Å². The van der Waals surface area contributed by atoms with Crippen molar-refractivity contribution in [2.75, 3.05) is 12.3 Å². The number of benzene rings is 1. The van der Waals surface area contributed by atoms with Crippen LogP contribution in [0, 0.1) is 5.41 Å². The van der Waals surface area contributed by atoms with Gasteiger partial charge in [-0.3, -0.25) is 0 Å². The molecule has 1 aromatic carbocycles. The first-order chi connectivity index (χ1) is 9.20. The summed E-state index contributed by atoms with van der Waals surface area (Å²) in [7, 11) is 0. The van der Waals surface area contributed by atoms with E-state index in [1.807, 2.05) is 11.8 Å². The molecule has 19 heavy (non-hydrogen) atoms. The third-order valence-electron chi connectivity index (χ3n) is 4.79. The summed E-state index contributed by atoms with van der Waals surface area (Å²) in [6.45, 7) is 6.01. The first kappa shape index (κ1) is 13.5. The van der Waals surface area contributed by atoms with Crippen LogP contribution in [0.3, 0.4) is 0 Å². The molecule has 2 unspecified atom stereocenters. The fourth-order valence-electron chi connectivity index (χ4n) is 3.01. The molecular formula is C17H25NS. The zero-order valence-corrected chi connectivity index (χ0v) is 12.9. The summed E-state index contributed by atoms with van der Waals surface area (Å²) in [5.41, 5.74) is 2.05. The minimum absolute atomic E-state index is 0.450. The molecule has 0 saturated heterocycles. The minimum Gasteiger partial charge on any atom is -0.313 e. The molecule has 0 radical (unpaired) electrons. The van der Waals surface area contributed by atoms with Crippen molar-refractivity contribution in [2.45, 2.75) is 56.4 Å². The van der Waals surface area contributed by atoms with Gasteiger partial charge in [-0.15, -0.1) is 11.8 Å². The maximum Gasteiger partial charge on any atom is 0.0107 e. The highest BCUT2D eigenvalue weighted by Gasteiger charge is 2.32. The Balaban J connectivity index is 1.65. The lowest BCUT2D eigenvalue weighted by molar-refractivity contribution is 0.253. The van der Waals surface area contributed by atoms with Crippen LogP contribution in [0.25, 0.3) is 0 Å². The molecule has 3 rings (SSSR count). The van der Waals surface area contributed by atoms with E-state index in [1.54, 1.807) is 5.56 Å². The molecule has 0 aromatic heterocycles. The van der Waals surface area contributed by atoms with Crippen molar-refractivity contribution in [3.63, 3.8) is 0 Å². The highest BCUT2D eigenvalue weighted by Crippen LogP contribution is 2.45. The molecule has 1 aliphatic heterocycles. The zero-order valence-electron chi connectivity index (χ0n) is 12.1. The van der Waals surface area contributed by atoms with Crippen LogP contribution in [0.5, 0.6) is 0 Å². The normalized spacial score (nSPS) is 25.1. The molecule has 1 saturated carbocycles. The van der Waals surface area contributed by atoms with Crippen LogP contribution < -0.4 is 5.32 Å². The number of hydrogen-bond donors (Lipinski definition) is 1. The van der Waals surface area contributed by atoms with Gasteiger partial charge in [0.2, 0.25) is 0 Å². The van der Waals surface area contributed by atoms with Gasteiger partial charge in [0.15, 0.2) is 0 Å². The predicted octanol–water partition coefficient (Wildman–Crippen LogP) is 4.43. The van der Waals surface area contributed by atoms with Gasteiger partial charge in [0.05, 0.1) is 0 Å². The first-order valence-electron chi connectivity index (χ1n) is 7.65. The highest BCUT2D eigenvalue weighted by molar-refractivity contribution is 7.99. The van der Waals surface area contributed by atoms with Gasteiger partial charge in [0, 0.05) is 23.2 Å². The predicted molar refractivity (Wildman–Crippen MR) is 83.9 cm³/mol. The first-order valence-corrected chi connectivity index (χ1v) is 8.64. The molecule has 1 heterocycles. The second-order valence-corrected chi connectivity index (χ2v) is 7.63. The molecule has 2 atom stereocenters. The summed E-state index contributed by atoms with van der Waals surface area (Å²) in [6.07, 6.45) is 5.38. The molecule has 0 bridgehead atoms. The fourth-order valence-corrected chi connectivity index (χ4v) is 4.27. The summed E-state index contributed by atoms with van der Waals surface area (Å²) in [6, 6.07) is 9.82. The van der Waals surface area contributed by atoms with Crippen molar-refractivity contribution in [1.29, 1.82) is 0 Å². The second kappa shape index (κ2) is 5.49. The van der Waals surface area contributed by atoms with E-state index in [2.05, 4.69) is 43.4 Å². The maximum atomic E-state index is 3.74. The van der Waals surface area contributed by atoms with Crippen molar-refractivity contribution in [3.05, 3.63) is 29.8 Å². The molecule has 1 fully saturated rings. The number of rotatable bonds is 6. The average molecular weight is 275 g/mol. The zero-order chi connectivity index (χ0) is 13.3. The van der Waals surface area contributed by atoms with E-state index in [-0.39, 0.29) is 0 Å². The third kappa shape index (κ3) is 3.17. The molecule has 0 spiro atoms. The summed E-state index contributed by atoms with van der Waals surface area (Å²) in [4.78, 5) is 1.51. The molecule has 1 nitrogen and oxygen atoms in total. The van der Waals surface area contributed by atoms with E-state index in [1.165, 1.54) is 42.9 Å². The molecule has 1 N–H and O–H groups in total. The Hall–Kier alpha value is -0.470. The summed E-state index contributed by atoms with van der Waals surface area (Å²) < 4.78 is 0. The molecule has 1 aliphatic carbocycles. The summed E-state index contributed by atoms with van der Waals surface area (Å²) >= 11 is 2.04. The van der Waals surface area contributed by atoms with E-state index in [0.717, 1.165) is 12.0 Å². The average Bonchev–Trinajstić information content (AvgIpc) is 3.19. The Labute approximate surface area is 121 Å². The lowest BCUT2D eigenvalue weighted by atomic mass is 9.77. The number of hydrogen-bond acceptors (Lipinski definition) is 2. The Morgan fingerprint density at radius 2 is 2.11 bits per heavy atom. The molecular weight excluding hydrogens is 250 g/mol. The number of thioether (sulfide) groups is 1. The summed E-state index contributed by atoms with van der Waals surface area (Å²) in [5, 5.41) is 3.74. The second-order valence-electron chi connectivity index (χ2n) is 6.57. The van der Waals surface area contributed by atoms with E-state index in [4.69, 9.17) is 0 Å². The van der Waals surface area contributed by atoms with Crippen LogP contribution in [-0.4, -0.2) is 18.3 Å². The monoisotopic (exact) mass is 275 g/mol. The van der Waals surface area contributed by atoms with Gasteiger partial charge in [-0.05, 0) is 48.6 Å². The smallest absolute Gasteiger partial charge is 0.0107 e. The number of fused-ring (bicyclic) bond motifs is 1. The topological polar surface area (TPSA) is 12.0 Å².